The molecule has 218 valence electrons. The Balaban J connectivity index is 1.30. The van der Waals surface area contributed by atoms with Crippen LogP contribution in [0.3, 0.4) is 0 Å². The second-order valence-electron chi connectivity index (χ2n) is 10.1. The maximum Gasteiger partial charge on any atom is 0.326 e. The number of ether oxygens (including phenoxy) is 2. The van der Waals surface area contributed by atoms with Crippen molar-refractivity contribution in [2.75, 3.05) is 23.4 Å². The highest BCUT2D eigenvalue weighted by molar-refractivity contribution is 5.93. The van der Waals surface area contributed by atoms with Crippen LogP contribution in [0.1, 0.15) is 36.5 Å². The number of carboxylic acid groups (broad SMARTS) is 1. The number of aryl methyl sites for hydroxylation is 1. The summed E-state index contributed by atoms with van der Waals surface area (Å²) >= 11 is 0. The van der Waals surface area contributed by atoms with Gasteiger partial charge in [0.05, 0.1) is 12.3 Å². The molecule has 0 radical (unpaired) electrons. The highest BCUT2D eigenvalue weighted by Gasteiger charge is 2.20. The Morgan fingerprint density at radius 1 is 0.833 bits per heavy atom. The standard InChI is InChI=1S/C35H38N2O5/c1-3-34(38)37(29-18-14-26(2)15-19-29)22-9-23-41-30-20-16-27(17-21-30)24-32(35(39)40)36-31-12-7-8-13-33(31)42-25-28-10-5-4-6-11-28/h4-8,10-21,32,36H,3,9,22-25H2,1-2H3,(H,39,40). The molecule has 0 aliphatic carbocycles. The Kier molecular flexibility index (Phi) is 11.0. The van der Waals surface area contributed by atoms with Crippen molar-refractivity contribution in [3.05, 3.63) is 120 Å². The number of benzene rings is 4. The first kappa shape index (κ1) is 30.2. The summed E-state index contributed by atoms with van der Waals surface area (Å²) in [5.74, 6) is 0.419. The molecule has 7 nitrogen and oxygen atoms in total. The molecule has 4 aromatic rings. The summed E-state index contributed by atoms with van der Waals surface area (Å²) in [6.07, 6.45) is 1.40. The first-order chi connectivity index (χ1) is 20.4. The number of para-hydroxylation sites is 2. The number of rotatable bonds is 15. The van der Waals surface area contributed by atoms with Crippen LogP contribution in [0.2, 0.25) is 0 Å². The molecule has 4 aromatic carbocycles. The van der Waals surface area contributed by atoms with Crippen LogP contribution in [0.5, 0.6) is 11.5 Å². The van der Waals surface area contributed by atoms with Crippen LogP contribution in [0, 0.1) is 6.92 Å². The summed E-state index contributed by atoms with van der Waals surface area (Å²) < 4.78 is 11.9. The molecule has 7 heteroatoms. The first-order valence-corrected chi connectivity index (χ1v) is 14.3. The Hall–Kier alpha value is -4.78. The SMILES string of the molecule is CCC(=O)N(CCCOc1ccc(CC(Nc2ccccc2OCc2ccccc2)C(=O)O)cc1)c1ccc(C)cc1. The number of carbonyl (C=O) groups is 2. The monoisotopic (exact) mass is 566 g/mol. The van der Waals surface area contributed by atoms with Crippen LogP contribution < -0.4 is 19.7 Å². The van der Waals surface area contributed by atoms with Crippen molar-refractivity contribution in [1.29, 1.82) is 0 Å². The van der Waals surface area contributed by atoms with Gasteiger partial charge < -0.3 is 24.8 Å². The van der Waals surface area contributed by atoms with Gasteiger partial charge in [-0.2, -0.15) is 0 Å². The molecule has 0 fully saturated rings. The Bertz CT molecular complexity index is 1420. The maximum atomic E-state index is 12.5. The topological polar surface area (TPSA) is 88.1 Å². The third-order valence-corrected chi connectivity index (χ3v) is 6.86. The van der Waals surface area contributed by atoms with Gasteiger partial charge in [-0.1, -0.05) is 79.2 Å². The number of amides is 1. The van der Waals surface area contributed by atoms with Gasteiger partial charge in [0.15, 0.2) is 0 Å². The highest BCUT2D eigenvalue weighted by atomic mass is 16.5. The lowest BCUT2D eigenvalue weighted by atomic mass is 10.1. The van der Waals surface area contributed by atoms with E-state index in [2.05, 4.69) is 5.32 Å². The molecule has 0 aromatic heterocycles. The van der Waals surface area contributed by atoms with Gasteiger partial charge in [0.2, 0.25) is 5.91 Å². The molecule has 0 aliphatic rings. The van der Waals surface area contributed by atoms with E-state index >= 15 is 0 Å². The predicted molar refractivity (Wildman–Crippen MR) is 166 cm³/mol. The van der Waals surface area contributed by atoms with E-state index < -0.39 is 12.0 Å². The van der Waals surface area contributed by atoms with Crippen molar-refractivity contribution in [1.82, 2.24) is 0 Å². The molecule has 1 amide bonds. The second-order valence-corrected chi connectivity index (χ2v) is 10.1. The Morgan fingerprint density at radius 2 is 1.52 bits per heavy atom. The second kappa shape index (κ2) is 15.3. The normalized spacial score (nSPS) is 11.4. The van der Waals surface area contributed by atoms with Crippen molar-refractivity contribution < 1.29 is 24.2 Å². The van der Waals surface area contributed by atoms with Crippen LogP contribution in [0.25, 0.3) is 0 Å². The molecule has 42 heavy (non-hydrogen) atoms. The molecule has 0 aliphatic heterocycles. The van der Waals surface area contributed by atoms with Gasteiger partial charge in [0.25, 0.3) is 0 Å². The fourth-order valence-corrected chi connectivity index (χ4v) is 4.52. The summed E-state index contributed by atoms with van der Waals surface area (Å²) in [6, 6.07) is 31.7. The molecule has 0 heterocycles. The zero-order valence-corrected chi connectivity index (χ0v) is 24.2. The van der Waals surface area contributed by atoms with Gasteiger partial charge in [-0.15, -0.1) is 0 Å². The van der Waals surface area contributed by atoms with Crippen molar-refractivity contribution in [2.45, 2.75) is 45.8 Å². The summed E-state index contributed by atoms with van der Waals surface area (Å²) in [7, 11) is 0. The molecular formula is C35H38N2O5. The van der Waals surface area contributed by atoms with Gasteiger partial charge in [0, 0.05) is 25.1 Å². The Morgan fingerprint density at radius 3 is 2.21 bits per heavy atom. The summed E-state index contributed by atoms with van der Waals surface area (Å²) in [6.45, 7) is 5.30. The lowest BCUT2D eigenvalue weighted by molar-refractivity contribution is -0.137. The highest BCUT2D eigenvalue weighted by Crippen LogP contribution is 2.26. The average Bonchev–Trinajstić information content (AvgIpc) is 3.01. The number of nitrogens with zero attached hydrogens (tertiary/aromatic N) is 1. The number of anilines is 2. The number of nitrogens with one attached hydrogen (secondary N) is 1. The van der Waals surface area contributed by atoms with Crippen LogP contribution in [-0.2, 0) is 22.6 Å². The predicted octanol–water partition coefficient (Wildman–Crippen LogP) is 6.89. The molecule has 4 rings (SSSR count). The van der Waals surface area contributed by atoms with Crippen LogP contribution in [-0.4, -0.2) is 36.2 Å². The third-order valence-electron chi connectivity index (χ3n) is 6.86. The molecule has 0 saturated heterocycles. The number of hydrogen-bond acceptors (Lipinski definition) is 5. The van der Waals surface area contributed by atoms with E-state index in [1.807, 2.05) is 117 Å². The summed E-state index contributed by atoms with van der Waals surface area (Å²) in [4.78, 5) is 26.4. The van der Waals surface area contributed by atoms with Crippen LogP contribution in [0.15, 0.2) is 103 Å². The average molecular weight is 567 g/mol. The fourth-order valence-electron chi connectivity index (χ4n) is 4.52. The summed E-state index contributed by atoms with van der Waals surface area (Å²) in [5, 5.41) is 13.1. The van der Waals surface area contributed by atoms with E-state index in [1.165, 1.54) is 0 Å². The summed E-state index contributed by atoms with van der Waals surface area (Å²) in [5.41, 5.74) is 4.56. The number of carboxylic acids is 1. The van der Waals surface area contributed by atoms with E-state index in [0.29, 0.717) is 49.8 Å². The minimum atomic E-state index is -0.951. The lowest BCUT2D eigenvalue weighted by Crippen LogP contribution is -2.32. The lowest BCUT2D eigenvalue weighted by Gasteiger charge is -2.22. The van der Waals surface area contributed by atoms with Crippen molar-refractivity contribution in [3.63, 3.8) is 0 Å². The van der Waals surface area contributed by atoms with Gasteiger partial charge in [0.1, 0.15) is 24.1 Å². The van der Waals surface area contributed by atoms with E-state index in [4.69, 9.17) is 9.47 Å². The zero-order chi connectivity index (χ0) is 29.7. The molecule has 1 unspecified atom stereocenters. The minimum absolute atomic E-state index is 0.0789. The van der Waals surface area contributed by atoms with Crippen molar-refractivity contribution >= 4 is 23.3 Å². The van der Waals surface area contributed by atoms with E-state index in [1.54, 1.807) is 4.90 Å². The number of hydrogen-bond donors (Lipinski definition) is 2. The largest absolute Gasteiger partial charge is 0.494 e. The molecule has 0 saturated carbocycles. The smallest absolute Gasteiger partial charge is 0.326 e. The van der Waals surface area contributed by atoms with E-state index in [9.17, 15) is 14.7 Å². The maximum absolute atomic E-state index is 12.5. The minimum Gasteiger partial charge on any atom is -0.494 e. The zero-order valence-electron chi connectivity index (χ0n) is 24.2. The van der Waals surface area contributed by atoms with Crippen molar-refractivity contribution in [2.24, 2.45) is 0 Å². The quantitative estimate of drug-likeness (QED) is 0.152. The third kappa shape index (κ3) is 8.86. The Labute approximate surface area is 247 Å². The molecular weight excluding hydrogens is 528 g/mol. The first-order valence-electron chi connectivity index (χ1n) is 14.3. The molecule has 2 N–H and O–H groups in total. The number of carbonyl (C=O) groups excluding carboxylic acids is 1. The number of aliphatic carboxylic acids is 1. The van der Waals surface area contributed by atoms with Gasteiger partial charge in [-0.25, -0.2) is 4.79 Å². The van der Waals surface area contributed by atoms with Gasteiger partial charge in [-0.05, 0) is 60.9 Å². The molecule has 0 spiro atoms. The van der Waals surface area contributed by atoms with Gasteiger partial charge >= 0.3 is 5.97 Å². The van der Waals surface area contributed by atoms with E-state index in [0.717, 1.165) is 22.4 Å². The molecule has 1 atom stereocenters. The van der Waals surface area contributed by atoms with Crippen LogP contribution >= 0.6 is 0 Å². The van der Waals surface area contributed by atoms with Gasteiger partial charge in [-0.3, -0.25) is 4.79 Å². The van der Waals surface area contributed by atoms with Crippen LogP contribution in [0.4, 0.5) is 11.4 Å². The van der Waals surface area contributed by atoms with Crippen molar-refractivity contribution in [3.8, 4) is 11.5 Å². The van der Waals surface area contributed by atoms with E-state index in [-0.39, 0.29) is 12.3 Å². The fraction of sp³-hybridized carbons (Fsp3) is 0.257. The molecule has 0 bridgehead atoms.